The lowest BCUT2D eigenvalue weighted by atomic mass is 9.85. The zero-order chi connectivity index (χ0) is 14.8. The molecule has 1 aromatic rings. The number of carboxylic acids is 1. The standard InChI is InChI=1S/C16H21ClO2S/c1-16(2,15(18)19)10-11-3-4-13(14(17)9-11)12-5-7-20-8-6-12/h3-4,9,12H,5-8,10H2,1-2H3,(H,18,19). The first-order chi connectivity index (χ1) is 9.40. The maximum Gasteiger partial charge on any atom is 0.309 e. The summed E-state index contributed by atoms with van der Waals surface area (Å²) in [6.45, 7) is 3.49. The molecule has 1 N–H and O–H groups in total. The molecule has 1 aliphatic heterocycles. The Morgan fingerprint density at radius 1 is 1.40 bits per heavy atom. The van der Waals surface area contributed by atoms with Gasteiger partial charge in [0.2, 0.25) is 0 Å². The zero-order valence-corrected chi connectivity index (χ0v) is 13.6. The van der Waals surface area contributed by atoms with E-state index in [0.29, 0.717) is 12.3 Å². The summed E-state index contributed by atoms with van der Waals surface area (Å²) in [7, 11) is 0. The topological polar surface area (TPSA) is 37.3 Å². The average molecular weight is 313 g/mol. The Labute approximate surface area is 129 Å². The summed E-state index contributed by atoms with van der Waals surface area (Å²) in [6.07, 6.45) is 2.87. The minimum Gasteiger partial charge on any atom is -0.481 e. The van der Waals surface area contributed by atoms with Crippen molar-refractivity contribution in [1.82, 2.24) is 0 Å². The van der Waals surface area contributed by atoms with Gasteiger partial charge in [0.1, 0.15) is 0 Å². The summed E-state index contributed by atoms with van der Waals surface area (Å²) < 4.78 is 0. The first-order valence-corrected chi connectivity index (χ1v) is 8.53. The van der Waals surface area contributed by atoms with Gasteiger partial charge in [0.25, 0.3) is 0 Å². The van der Waals surface area contributed by atoms with E-state index in [2.05, 4.69) is 6.07 Å². The van der Waals surface area contributed by atoms with Gasteiger partial charge in [-0.2, -0.15) is 11.8 Å². The van der Waals surface area contributed by atoms with Gasteiger partial charge < -0.3 is 5.11 Å². The molecule has 0 unspecified atom stereocenters. The number of aliphatic carboxylic acids is 1. The van der Waals surface area contributed by atoms with Gasteiger partial charge in [-0.25, -0.2) is 0 Å². The number of carbonyl (C=O) groups is 1. The predicted molar refractivity (Wildman–Crippen MR) is 85.9 cm³/mol. The van der Waals surface area contributed by atoms with Gasteiger partial charge in [-0.3, -0.25) is 4.79 Å². The quantitative estimate of drug-likeness (QED) is 0.882. The molecule has 0 aromatic heterocycles. The van der Waals surface area contributed by atoms with E-state index >= 15 is 0 Å². The van der Waals surface area contributed by atoms with E-state index in [-0.39, 0.29) is 0 Å². The predicted octanol–water partition coefficient (Wildman–Crippen LogP) is 4.60. The molecule has 4 heteroatoms. The van der Waals surface area contributed by atoms with Gasteiger partial charge in [-0.15, -0.1) is 0 Å². The Kier molecular flexibility index (Phi) is 5.03. The minimum absolute atomic E-state index is 0.503. The first-order valence-electron chi connectivity index (χ1n) is 6.99. The van der Waals surface area contributed by atoms with Crippen molar-refractivity contribution in [3.8, 4) is 0 Å². The molecule has 2 rings (SSSR count). The number of hydrogen-bond acceptors (Lipinski definition) is 2. The van der Waals surface area contributed by atoms with Crippen LogP contribution in [-0.4, -0.2) is 22.6 Å². The smallest absolute Gasteiger partial charge is 0.309 e. The van der Waals surface area contributed by atoms with Crippen LogP contribution in [0.4, 0.5) is 0 Å². The maximum atomic E-state index is 11.2. The van der Waals surface area contributed by atoms with Crippen LogP contribution in [0.15, 0.2) is 18.2 Å². The van der Waals surface area contributed by atoms with Crippen LogP contribution in [-0.2, 0) is 11.2 Å². The highest BCUT2D eigenvalue weighted by molar-refractivity contribution is 7.99. The average Bonchev–Trinajstić information content (AvgIpc) is 2.39. The van der Waals surface area contributed by atoms with Crippen molar-refractivity contribution in [1.29, 1.82) is 0 Å². The summed E-state index contributed by atoms with van der Waals surface area (Å²) in [5, 5.41) is 9.99. The van der Waals surface area contributed by atoms with E-state index in [1.54, 1.807) is 13.8 Å². The second-order valence-corrected chi connectivity index (χ2v) is 7.74. The van der Waals surface area contributed by atoms with Crippen LogP contribution >= 0.6 is 23.4 Å². The third kappa shape index (κ3) is 3.70. The van der Waals surface area contributed by atoms with Crippen LogP contribution in [0.25, 0.3) is 0 Å². The highest BCUT2D eigenvalue weighted by atomic mass is 35.5. The van der Waals surface area contributed by atoms with Gasteiger partial charge >= 0.3 is 5.97 Å². The van der Waals surface area contributed by atoms with Crippen molar-refractivity contribution in [2.75, 3.05) is 11.5 Å². The fraction of sp³-hybridized carbons (Fsp3) is 0.562. The minimum atomic E-state index is -0.776. The molecule has 0 aliphatic carbocycles. The second-order valence-electron chi connectivity index (χ2n) is 6.11. The number of hydrogen-bond donors (Lipinski definition) is 1. The number of benzene rings is 1. The van der Waals surface area contributed by atoms with Crippen molar-refractivity contribution < 1.29 is 9.90 Å². The fourth-order valence-corrected chi connectivity index (χ4v) is 4.07. The number of carboxylic acid groups (broad SMARTS) is 1. The van der Waals surface area contributed by atoms with Crippen LogP contribution in [0.5, 0.6) is 0 Å². The molecule has 110 valence electrons. The van der Waals surface area contributed by atoms with Gasteiger partial charge in [0.15, 0.2) is 0 Å². The van der Waals surface area contributed by atoms with E-state index in [1.165, 1.54) is 29.9 Å². The molecule has 1 aliphatic rings. The van der Waals surface area contributed by atoms with Crippen molar-refractivity contribution in [2.45, 2.75) is 39.0 Å². The SMILES string of the molecule is CC(C)(Cc1ccc(C2CCSCC2)c(Cl)c1)C(=O)O. The molecule has 1 aromatic carbocycles. The first kappa shape index (κ1) is 15.7. The van der Waals surface area contributed by atoms with Gasteiger partial charge in [0, 0.05) is 5.02 Å². The van der Waals surface area contributed by atoms with Crippen LogP contribution < -0.4 is 0 Å². The van der Waals surface area contributed by atoms with Crippen LogP contribution in [0.3, 0.4) is 0 Å². The molecule has 0 saturated carbocycles. The lowest BCUT2D eigenvalue weighted by Crippen LogP contribution is -2.26. The Hall–Kier alpha value is -0.670. The largest absolute Gasteiger partial charge is 0.481 e. The molecular formula is C16H21ClO2S. The number of halogens is 1. The van der Waals surface area contributed by atoms with Crippen LogP contribution in [0.1, 0.15) is 43.7 Å². The lowest BCUT2D eigenvalue weighted by Gasteiger charge is -2.24. The van der Waals surface area contributed by atoms with Crippen molar-refractivity contribution in [2.24, 2.45) is 5.41 Å². The highest BCUT2D eigenvalue weighted by Gasteiger charge is 2.28. The van der Waals surface area contributed by atoms with Crippen molar-refractivity contribution in [3.63, 3.8) is 0 Å². The summed E-state index contributed by atoms with van der Waals surface area (Å²) in [6, 6.07) is 6.08. The van der Waals surface area contributed by atoms with Gasteiger partial charge in [0.05, 0.1) is 5.41 Å². The molecular weight excluding hydrogens is 292 g/mol. The van der Waals surface area contributed by atoms with E-state index in [1.807, 2.05) is 23.9 Å². The lowest BCUT2D eigenvalue weighted by molar-refractivity contribution is -0.146. The zero-order valence-electron chi connectivity index (χ0n) is 12.0. The number of thioether (sulfide) groups is 1. The third-order valence-corrected chi connectivity index (χ3v) is 5.33. The second kappa shape index (κ2) is 6.40. The molecule has 1 saturated heterocycles. The Morgan fingerprint density at radius 2 is 2.05 bits per heavy atom. The molecule has 1 fully saturated rings. The maximum absolute atomic E-state index is 11.2. The molecule has 0 bridgehead atoms. The monoisotopic (exact) mass is 312 g/mol. The molecule has 0 atom stereocenters. The molecule has 2 nitrogen and oxygen atoms in total. The Morgan fingerprint density at radius 3 is 2.60 bits per heavy atom. The Bertz CT molecular complexity index is 493. The van der Waals surface area contributed by atoms with Crippen molar-refractivity contribution >= 4 is 29.3 Å². The van der Waals surface area contributed by atoms with Crippen LogP contribution in [0, 0.1) is 5.41 Å². The molecule has 1 heterocycles. The van der Waals surface area contributed by atoms with Gasteiger partial charge in [-0.05, 0) is 67.7 Å². The molecule has 0 radical (unpaired) electrons. The summed E-state index contributed by atoms with van der Waals surface area (Å²) in [4.78, 5) is 11.2. The van der Waals surface area contributed by atoms with E-state index < -0.39 is 11.4 Å². The normalized spacial score (nSPS) is 17.1. The molecule has 0 spiro atoms. The van der Waals surface area contributed by atoms with E-state index in [4.69, 9.17) is 11.6 Å². The number of rotatable bonds is 4. The van der Waals surface area contributed by atoms with E-state index in [9.17, 15) is 9.90 Å². The summed E-state index contributed by atoms with van der Waals surface area (Å²) in [5.41, 5.74) is 1.46. The van der Waals surface area contributed by atoms with Crippen molar-refractivity contribution in [3.05, 3.63) is 34.3 Å². The highest BCUT2D eigenvalue weighted by Crippen LogP contribution is 2.36. The van der Waals surface area contributed by atoms with E-state index in [0.717, 1.165) is 10.6 Å². The third-order valence-electron chi connectivity index (χ3n) is 3.95. The summed E-state index contributed by atoms with van der Waals surface area (Å²) >= 11 is 8.42. The Balaban J connectivity index is 2.15. The fourth-order valence-electron chi connectivity index (χ4n) is 2.61. The van der Waals surface area contributed by atoms with Crippen LogP contribution in [0.2, 0.25) is 5.02 Å². The van der Waals surface area contributed by atoms with Gasteiger partial charge in [-0.1, -0.05) is 23.7 Å². The molecule has 20 heavy (non-hydrogen) atoms. The summed E-state index contributed by atoms with van der Waals surface area (Å²) in [5.74, 6) is 2.19. The molecule has 0 amide bonds.